The van der Waals surface area contributed by atoms with Gasteiger partial charge in [0.05, 0.1) is 32.3 Å². The summed E-state index contributed by atoms with van der Waals surface area (Å²) in [5.74, 6) is -0.0250. The minimum absolute atomic E-state index is 0.112. The maximum atomic E-state index is 13.0. The fourth-order valence-electron chi connectivity index (χ4n) is 3.03. The fourth-order valence-corrected chi connectivity index (χ4v) is 3.77. The van der Waals surface area contributed by atoms with Crippen molar-refractivity contribution in [2.45, 2.75) is 13.1 Å². The second-order valence-electron chi connectivity index (χ2n) is 6.84. The Morgan fingerprint density at radius 3 is 2.44 bits per heavy atom. The molecule has 10 heteroatoms. The molecule has 0 bridgehead atoms. The highest BCUT2D eigenvalue weighted by atomic mass is 127. The monoisotopic (exact) mass is 580 g/mol. The molecule has 174 valence electrons. The van der Waals surface area contributed by atoms with E-state index in [1.807, 2.05) is 40.8 Å². The number of nitrogens with zero attached hydrogens (tertiary/aromatic N) is 2. The molecule has 0 heterocycles. The number of hydrogen-bond acceptors (Lipinski definition) is 5. The second-order valence-corrected chi connectivity index (χ2v) is 8.00. The summed E-state index contributed by atoms with van der Waals surface area (Å²) in [4.78, 5) is 10.5. The lowest BCUT2D eigenvalue weighted by Gasteiger charge is -2.15. The van der Waals surface area contributed by atoms with Gasteiger partial charge in [-0.3, -0.25) is 10.1 Å². The van der Waals surface area contributed by atoms with E-state index in [9.17, 15) is 28.5 Å². The van der Waals surface area contributed by atoms with E-state index in [-0.39, 0.29) is 23.9 Å². The maximum absolute atomic E-state index is 13.0. The molecule has 6 nitrogen and oxygen atoms in total. The van der Waals surface area contributed by atoms with Crippen molar-refractivity contribution in [3.05, 3.63) is 91.0 Å². The Bertz CT molecular complexity index is 1290. The van der Waals surface area contributed by atoms with E-state index in [0.717, 1.165) is 11.6 Å². The van der Waals surface area contributed by atoms with Crippen LogP contribution in [-0.4, -0.2) is 11.5 Å². The van der Waals surface area contributed by atoms with Gasteiger partial charge in [-0.15, -0.1) is 0 Å². The van der Waals surface area contributed by atoms with E-state index < -0.39 is 22.4 Å². The molecule has 3 aromatic carbocycles. The van der Waals surface area contributed by atoms with Crippen molar-refractivity contribution in [3.8, 4) is 23.3 Å². The van der Waals surface area contributed by atoms with Crippen LogP contribution in [0.15, 0.2) is 60.7 Å². The van der Waals surface area contributed by atoms with E-state index in [1.54, 1.807) is 37.3 Å². The van der Waals surface area contributed by atoms with Gasteiger partial charge in [0, 0.05) is 6.07 Å². The summed E-state index contributed by atoms with van der Waals surface area (Å²) >= 11 is 1.93. The minimum Gasteiger partial charge on any atom is -0.490 e. The molecule has 0 aliphatic carbocycles. The molecule has 0 radical (unpaired) electrons. The highest BCUT2D eigenvalue weighted by Crippen LogP contribution is 2.42. The molecule has 0 spiro atoms. The zero-order valence-corrected chi connectivity index (χ0v) is 19.8. The van der Waals surface area contributed by atoms with Crippen LogP contribution in [0.5, 0.6) is 17.2 Å². The van der Waals surface area contributed by atoms with E-state index in [4.69, 9.17) is 9.47 Å². The molecule has 3 aromatic rings. The van der Waals surface area contributed by atoms with Crippen LogP contribution in [0, 0.1) is 25.0 Å². The third-order valence-electron chi connectivity index (χ3n) is 4.54. The smallest absolute Gasteiger partial charge is 0.416 e. The zero-order chi connectivity index (χ0) is 24.9. The number of ether oxygens (including phenoxy) is 2. The molecular formula is C24H16F3IN2O4. The SMILES string of the molecule is CCOc1cc(/C=C(\C#N)c2ccccc2)cc(I)c1Oc1ccc(C(F)(F)F)cc1[N+](=O)[O-]. The average molecular weight is 580 g/mol. The summed E-state index contributed by atoms with van der Waals surface area (Å²) in [7, 11) is 0. The minimum atomic E-state index is -4.74. The molecular weight excluding hydrogens is 564 g/mol. The molecule has 0 unspecified atom stereocenters. The van der Waals surface area contributed by atoms with Crippen molar-refractivity contribution in [2.75, 3.05) is 6.61 Å². The van der Waals surface area contributed by atoms with Gasteiger partial charge in [0.2, 0.25) is 5.75 Å². The lowest BCUT2D eigenvalue weighted by molar-refractivity contribution is -0.385. The van der Waals surface area contributed by atoms with Crippen LogP contribution in [0.4, 0.5) is 18.9 Å². The van der Waals surface area contributed by atoms with Crippen LogP contribution in [0.2, 0.25) is 0 Å². The fraction of sp³-hybridized carbons (Fsp3) is 0.125. The summed E-state index contributed by atoms with van der Waals surface area (Å²) < 4.78 is 50.8. The number of benzene rings is 3. The Balaban J connectivity index is 2.06. The third kappa shape index (κ3) is 5.85. The van der Waals surface area contributed by atoms with Crippen molar-refractivity contribution in [1.82, 2.24) is 0 Å². The Kier molecular flexibility index (Phi) is 7.78. The third-order valence-corrected chi connectivity index (χ3v) is 5.34. The van der Waals surface area contributed by atoms with Crippen LogP contribution in [-0.2, 0) is 6.18 Å². The van der Waals surface area contributed by atoms with E-state index in [2.05, 4.69) is 6.07 Å². The molecule has 3 rings (SSSR count). The van der Waals surface area contributed by atoms with E-state index >= 15 is 0 Å². The number of hydrogen-bond donors (Lipinski definition) is 0. The molecule has 0 aliphatic heterocycles. The van der Waals surface area contributed by atoms with E-state index in [1.165, 1.54) is 0 Å². The van der Waals surface area contributed by atoms with Gasteiger partial charge in [0.25, 0.3) is 0 Å². The summed E-state index contributed by atoms with van der Waals surface area (Å²) in [5, 5.41) is 21.0. The molecule has 0 amide bonds. The van der Waals surface area contributed by atoms with Crippen LogP contribution in [0.1, 0.15) is 23.6 Å². The number of nitro benzene ring substituents is 1. The van der Waals surface area contributed by atoms with Gasteiger partial charge in [-0.2, -0.15) is 18.4 Å². The van der Waals surface area contributed by atoms with Crippen LogP contribution in [0.3, 0.4) is 0 Å². The standard InChI is InChI=1S/C24H16F3IN2O4/c1-2-33-22-12-15(10-17(14-29)16-6-4-3-5-7-16)11-19(28)23(22)34-21-9-8-18(24(25,26)27)13-20(21)30(31)32/h3-13H,2H2,1H3/b17-10+. The maximum Gasteiger partial charge on any atom is 0.416 e. The number of nitriles is 1. The van der Waals surface area contributed by atoms with Crippen LogP contribution >= 0.6 is 22.6 Å². The van der Waals surface area contributed by atoms with Gasteiger partial charge >= 0.3 is 11.9 Å². The summed E-state index contributed by atoms with van der Waals surface area (Å²) in [6.07, 6.45) is -3.08. The Labute approximate surface area is 206 Å². The predicted octanol–water partition coefficient (Wildman–Crippen LogP) is 7.47. The first-order chi connectivity index (χ1) is 16.1. The molecule has 0 aliphatic rings. The number of halogens is 4. The zero-order valence-electron chi connectivity index (χ0n) is 17.6. The number of nitro groups is 1. The Hall–Kier alpha value is -3.59. The van der Waals surface area contributed by atoms with Crippen LogP contribution in [0.25, 0.3) is 11.6 Å². The van der Waals surface area contributed by atoms with Crippen molar-refractivity contribution in [3.63, 3.8) is 0 Å². The lowest BCUT2D eigenvalue weighted by Crippen LogP contribution is -2.06. The first-order valence-corrected chi connectivity index (χ1v) is 10.9. The summed E-state index contributed by atoms with van der Waals surface area (Å²) in [6, 6.07) is 16.5. The predicted molar refractivity (Wildman–Crippen MR) is 128 cm³/mol. The summed E-state index contributed by atoms with van der Waals surface area (Å²) in [6.45, 7) is 1.96. The molecule has 0 aromatic heterocycles. The summed E-state index contributed by atoms with van der Waals surface area (Å²) in [5.41, 5.74) is -0.239. The molecule has 0 fully saturated rings. The molecule has 0 atom stereocenters. The molecule has 0 N–H and O–H groups in total. The highest BCUT2D eigenvalue weighted by Gasteiger charge is 2.33. The average Bonchev–Trinajstić information content (AvgIpc) is 2.79. The molecule has 34 heavy (non-hydrogen) atoms. The quantitative estimate of drug-likeness (QED) is 0.0952. The number of allylic oxidation sites excluding steroid dienone is 1. The van der Waals surface area contributed by atoms with Gasteiger partial charge in [0.1, 0.15) is 0 Å². The molecule has 0 saturated carbocycles. The van der Waals surface area contributed by atoms with Gasteiger partial charge in [-0.1, -0.05) is 30.3 Å². The van der Waals surface area contributed by atoms with Crippen molar-refractivity contribution in [2.24, 2.45) is 0 Å². The van der Waals surface area contributed by atoms with Gasteiger partial charge in [0.15, 0.2) is 11.5 Å². The van der Waals surface area contributed by atoms with Gasteiger partial charge < -0.3 is 9.47 Å². The first-order valence-electron chi connectivity index (χ1n) is 9.81. The Morgan fingerprint density at radius 2 is 1.85 bits per heavy atom. The van der Waals surface area contributed by atoms with Crippen molar-refractivity contribution in [1.29, 1.82) is 5.26 Å². The van der Waals surface area contributed by atoms with Crippen molar-refractivity contribution < 1.29 is 27.6 Å². The van der Waals surface area contributed by atoms with Crippen LogP contribution < -0.4 is 9.47 Å². The van der Waals surface area contributed by atoms with Gasteiger partial charge in [-0.25, -0.2) is 0 Å². The first kappa shape index (κ1) is 25.0. The normalized spacial score (nSPS) is 11.6. The number of rotatable bonds is 7. The highest BCUT2D eigenvalue weighted by molar-refractivity contribution is 14.1. The largest absolute Gasteiger partial charge is 0.490 e. The Morgan fingerprint density at radius 1 is 1.15 bits per heavy atom. The molecule has 0 saturated heterocycles. The topological polar surface area (TPSA) is 85.4 Å². The number of alkyl halides is 3. The van der Waals surface area contributed by atoms with E-state index in [0.29, 0.717) is 26.8 Å². The second kappa shape index (κ2) is 10.6. The van der Waals surface area contributed by atoms with Gasteiger partial charge in [-0.05, 0) is 71.0 Å². The lowest BCUT2D eigenvalue weighted by atomic mass is 10.0. The van der Waals surface area contributed by atoms with Crippen molar-refractivity contribution >= 4 is 39.9 Å².